The van der Waals surface area contributed by atoms with Crippen LogP contribution in [0.2, 0.25) is 0 Å². The maximum atomic E-state index is 12.6. The molecule has 2 fully saturated rings. The van der Waals surface area contributed by atoms with E-state index in [0.29, 0.717) is 6.42 Å². The maximum absolute atomic E-state index is 12.6. The molecule has 0 bridgehead atoms. The smallest absolute Gasteiger partial charge is 0.214 e. The van der Waals surface area contributed by atoms with E-state index in [1.807, 2.05) is 12.1 Å². The first-order chi connectivity index (χ1) is 12.3. The van der Waals surface area contributed by atoms with Crippen LogP contribution in [-0.2, 0) is 26.3 Å². The summed E-state index contributed by atoms with van der Waals surface area (Å²) in [6.07, 6.45) is 4.87. The minimum Gasteiger partial charge on any atom is -0.497 e. The molecule has 146 valence electrons. The van der Waals surface area contributed by atoms with Gasteiger partial charge in [-0.3, -0.25) is 0 Å². The number of benzene rings is 1. The van der Waals surface area contributed by atoms with Crippen LogP contribution in [-0.4, -0.2) is 57.6 Å². The summed E-state index contributed by atoms with van der Waals surface area (Å²) in [6.45, 7) is 0.230. The molecule has 1 aliphatic carbocycles. The van der Waals surface area contributed by atoms with Crippen molar-refractivity contribution in [3.8, 4) is 5.75 Å². The number of nitrogens with zero attached hydrogens (tertiary/aromatic N) is 1. The van der Waals surface area contributed by atoms with Gasteiger partial charge in [-0.05, 0) is 37.0 Å². The van der Waals surface area contributed by atoms with E-state index in [4.69, 9.17) is 4.74 Å². The van der Waals surface area contributed by atoms with E-state index in [9.17, 15) is 16.8 Å². The molecule has 0 unspecified atom stereocenters. The van der Waals surface area contributed by atoms with Gasteiger partial charge in [0.2, 0.25) is 10.0 Å². The summed E-state index contributed by atoms with van der Waals surface area (Å²) in [4.78, 5) is 0. The van der Waals surface area contributed by atoms with Gasteiger partial charge in [0.05, 0.1) is 23.4 Å². The van der Waals surface area contributed by atoms with Crippen molar-refractivity contribution in [2.75, 3.05) is 26.0 Å². The number of hydrogen-bond donors (Lipinski definition) is 0. The van der Waals surface area contributed by atoms with Crippen LogP contribution >= 0.6 is 0 Å². The van der Waals surface area contributed by atoms with E-state index in [1.165, 1.54) is 4.31 Å². The van der Waals surface area contributed by atoms with Crippen LogP contribution in [0.25, 0.3) is 0 Å². The molecule has 26 heavy (non-hydrogen) atoms. The number of sulfone groups is 1. The molecule has 1 aromatic rings. The Kier molecular flexibility index (Phi) is 5.94. The van der Waals surface area contributed by atoms with Gasteiger partial charge < -0.3 is 4.74 Å². The molecule has 8 heteroatoms. The second-order valence-corrected chi connectivity index (χ2v) is 11.8. The Morgan fingerprint density at radius 1 is 0.962 bits per heavy atom. The standard InChI is InChI=1S/C18H27NO5S2/c1-24-16-9-7-15(8-10-16)11-12-25(20,21)19-13-18(14-19)26(22,23)17-5-3-2-4-6-17/h7-10,17-18H,2-6,11-14H2,1H3. The second kappa shape index (κ2) is 7.86. The predicted octanol–water partition coefficient (Wildman–Crippen LogP) is 2.00. The SMILES string of the molecule is COc1ccc(CCS(=O)(=O)N2CC(S(=O)(=O)C3CCCCC3)C2)cc1. The van der Waals surface area contributed by atoms with E-state index in [-0.39, 0.29) is 24.1 Å². The highest BCUT2D eigenvalue weighted by Gasteiger charge is 2.45. The molecule has 0 aromatic heterocycles. The molecule has 2 aliphatic rings. The summed E-state index contributed by atoms with van der Waals surface area (Å²) in [5.74, 6) is 0.727. The van der Waals surface area contributed by atoms with Crippen LogP contribution in [0.4, 0.5) is 0 Å². The molecule has 0 N–H and O–H groups in total. The van der Waals surface area contributed by atoms with Crippen molar-refractivity contribution in [1.29, 1.82) is 0 Å². The summed E-state index contributed by atoms with van der Waals surface area (Å²) in [5, 5.41) is -0.799. The Bertz CT molecular complexity index is 806. The molecule has 0 radical (unpaired) electrons. The molecule has 1 saturated carbocycles. The van der Waals surface area contributed by atoms with Crippen molar-refractivity contribution in [2.24, 2.45) is 0 Å². The first-order valence-corrected chi connectivity index (χ1v) is 12.4. The van der Waals surface area contributed by atoms with Crippen molar-refractivity contribution >= 4 is 19.9 Å². The van der Waals surface area contributed by atoms with Gasteiger partial charge in [0.1, 0.15) is 5.75 Å². The predicted molar refractivity (Wildman–Crippen MR) is 102 cm³/mol. The fourth-order valence-electron chi connectivity index (χ4n) is 3.67. The zero-order chi connectivity index (χ0) is 18.8. The van der Waals surface area contributed by atoms with Gasteiger partial charge in [0.25, 0.3) is 0 Å². The normalized spacial score (nSPS) is 20.7. The molecular weight excluding hydrogens is 374 g/mol. The van der Waals surface area contributed by atoms with Crippen LogP contribution in [0.3, 0.4) is 0 Å². The largest absolute Gasteiger partial charge is 0.497 e. The lowest BCUT2D eigenvalue weighted by molar-refractivity contribution is 0.306. The Balaban J connectivity index is 1.53. The monoisotopic (exact) mass is 401 g/mol. The number of aryl methyl sites for hydroxylation is 1. The molecule has 1 saturated heterocycles. The average molecular weight is 402 g/mol. The Hall–Kier alpha value is -1.12. The minimum atomic E-state index is -3.42. The second-order valence-electron chi connectivity index (χ2n) is 7.20. The molecule has 1 heterocycles. The number of methoxy groups -OCH3 is 1. The molecule has 0 amide bonds. The lowest BCUT2D eigenvalue weighted by Crippen LogP contribution is -2.59. The fraction of sp³-hybridized carbons (Fsp3) is 0.667. The van der Waals surface area contributed by atoms with Gasteiger partial charge in [-0.15, -0.1) is 0 Å². The summed E-state index contributed by atoms with van der Waals surface area (Å²) in [7, 11) is -5.05. The van der Waals surface area contributed by atoms with Gasteiger partial charge in [0.15, 0.2) is 9.84 Å². The van der Waals surface area contributed by atoms with E-state index in [0.717, 1.165) is 43.4 Å². The number of rotatable bonds is 7. The summed E-state index contributed by atoms with van der Waals surface area (Å²) >= 11 is 0. The summed E-state index contributed by atoms with van der Waals surface area (Å²) in [6, 6.07) is 7.30. The van der Waals surface area contributed by atoms with Gasteiger partial charge >= 0.3 is 0 Å². The topological polar surface area (TPSA) is 80.8 Å². The quantitative estimate of drug-likeness (QED) is 0.698. The van der Waals surface area contributed by atoms with Crippen molar-refractivity contribution in [1.82, 2.24) is 4.31 Å². The third-order valence-corrected chi connectivity index (χ3v) is 9.93. The molecule has 0 atom stereocenters. The van der Waals surface area contributed by atoms with E-state index in [2.05, 4.69) is 0 Å². The fourth-order valence-corrected chi connectivity index (χ4v) is 7.73. The molecule has 0 spiro atoms. The lowest BCUT2D eigenvalue weighted by atomic mass is 10.0. The van der Waals surface area contributed by atoms with Gasteiger partial charge in [-0.2, -0.15) is 4.31 Å². The maximum Gasteiger partial charge on any atom is 0.214 e. The average Bonchev–Trinajstić information content (AvgIpc) is 2.59. The van der Waals surface area contributed by atoms with Gasteiger partial charge in [-0.1, -0.05) is 31.4 Å². The third-order valence-electron chi connectivity index (χ3n) is 5.50. The summed E-state index contributed by atoms with van der Waals surface area (Å²) in [5.41, 5.74) is 0.918. The van der Waals surface area contributed by atoms with Crippen LogP contribution in [0.1, 0.15) is 37.7 Å². The van der Waals surface area contributed by atoms with Crippen LogP contribution < -0.4 is 4.74 Å². The molecule has 1 aliphatic heterocycles. The van der Waals surface area contributed by atoms with Gasteiger partial charge in [-0.25, -0.2) is 16.8 Å². The zero-order valence-corrected chi connectivity index (χ0v) is 16.8. The van der Waals surface area contributed by atoms with Crippen molar-refractivity contribution in [3.05, 3.63) is 29.8 Å². The number of hydrogen-bond acceptors (Lipinski definition) is 5. The Morgan fingerprint density at radius 3 is 2.15 bits per heavy atom. The van der Waals surface area contributed by atoms with Crippen LogP contribution in [0.5, 0.6) is 5.75 Å². The highest BCUT2D eigenvalue weighted by Crippen LogP contribution is 2.31. The highest BCUT2D eigenvalue weighted by atomic mass is 32.2. The zero-order valence-electron chi connectivity index (χ0n) is 15.1. The van der Waals surface area contributed by atoms with Crippen molar-refractivity contribution in [2.45, 2.75) is 49.0 Å². The highest BCUT2D eigenvalue weighted by molar-refractivity contribution is 7.93. The minimum absolute atomic E-state index is 0.00444. The molecular formula is C18H27NO5S2. The third kappa shape index (κ3) is 4.23. The number of ether oxygens (including phenoxy) is 1. The van der Waals surface area contributed by atoms with Gasteiger partial charge in [0, 0.05) is 13.1 Å². The molecule has 3 rings (SSSR count). The van der Waals surface area contributed by atoms with Crippen LogP contribution in [0.15, 0.2) is 24.3 Å². The molecule has 1 aromatic carbocycles. The van der Waals surface area contributed by atoms with E-state index in [1.54, 1.807) is 19.2 Å². The number of sulfonamides is 1. The first-order valence-electron chi connectivity index (χ1n) is 9.16. The lowest BCUT2D eigenvalue weighted by Gasteiger charge is -2.39. The van der Waals surface area contributed by atoms with Crippen molar-refractivity contribution in [3.63, 3.8) is 0 Å². The summed E-state index contributed by atoms with van der Waals surface area (Å²) < 4.78 is 56.6. The van der Waals surface area contributed by atoms with E-state index < -0.39 is 25.1 Å². The van der Waals surface area contributed by atoms with Crippen molar-refractivity contribution < 1.29 is 21.6 Å². The molecule has 6 nitrogen and oxygen atoms in total. The Labute approximate surface area is 156 Å². The Morgan fingerprint density at radius 2 is 1.58 bits per heavy atom. The first kappa shape index (κ1) is 19.6. The van der Waals surface area contributed by atoms with E-state index >= 15 is 0 Å². The van der Waals surface area contributed by atoms with Crippen LogP contribution in [0, 0.1) is 0 Å².